The Kier molecular flexibility index (Phi) is 3.83. The first kappa shape index (κ1) is 13.3. The van der Waals surface area contributed by atoms with Crippen LogP contribution >= 0.6 is 11.6 Å². The van der Waals surface area contributed by atoms with Crippen molar-refractivity contribution in [3.8, 4) is 0 Å². The summed E-state index contributed by atoms with van der Waals surface area (Å²) in [4.78, 5) is 8.74. The number of hydrogen-bond acceptors (Lipinski definition) is 3. The molecule has 0 saturated heterocycles. The first-order chi connectivity index (χ1) is 9.74. The van der Waals surface area contributed by atoms with Crippen LogP contribution in [0.25, 0.3) is 0 Å². The fourth-order valence-electron chi connectivity index (χ4n) is 2.44. The van der Waals surface area contributed by atoms with Crippen molar-refractivity contribution in [3.63, 3.8) is 0 Å². The van der Waals surface area contributed by atoms with Gasteiger partial charge in [-0.25, -0.2) is 14.4 Å². The summed E-state index contributed by atoms with van der Waals surface area (Å²) < 4.78 is 13.5. The number of fused-ring (bicyclic) bond motifs is 1. The molecule has 1 heterocycles. The van der Waals surface area contributed by atoms with Gasteiger partial charge in [0.1, 0.15) is 11.0 Å². The standard InChI is InChI=1S/C15H15ClFN3/c16-14-11-6-2-4-8-13(11)19-15(20-14)18-9-10-5-1-3-7-12(10)17/h1,3,5,7H,2,4,6,8-9H2,(H,18,19,20). The minimum atomic E-state index is -0.232. The van der Waals surface area contributed by atoms with E-state index in [1.54, 1.807) is 18.2 Å². The second kappa shape index (κ2) is 5.75. The molecule has 1 aliphatic carbocycles. The van der Waals surface area contributed by atoms with Gasteiger partial charge in [-0.3, -0.25) is 0 Å². The third-order valence-electron chi connectivity index (χ3n) is 3.53. The van der Waals surface area contributed by atoms with Crippen LogP contribution in [0.3, 0.4) is 0 Å². The number of nitrogens with one attached hydrogen (secondary N) is 1. The van der Waals surface area contributed by atoms with Crippen LogP contribution in [0.5, 0.6) is 0 Å². The Labute approximate surface area is 122 Å². The minimum absolute atomic E-state index is 0.232. The summed E-state index contributed by atoms with van der Waals surface area (Å²) in [6, 6.07) is 6.66. The summed E-state index contributed by atoms with van der Waals surface area (Å²) >= 11 is 6.20. The topological polar surface area (TPSA) is 37.8 Å². The van der Waals surface area contributed by atoms with Gasteiger partial charge in [-0.15, -0.1) is 0 Å². The molecule has 3 rings (SSSR count). The summed E-state index contributed by atoms with van der Waals surface area (Å²) in [7, 11) is 0. The van der Waals surface area contributed by atoms with Crippen molar-refractivity contribution in [1.82, 2.24) is 9.97 Å². The number of aromatic nitrogens is 2. The average Bonchev–Trinajstić information content (AvgIpc) is 2.46. The maximum atomic E-state index is 13.5. The van der Waals surface area contributed by atoms with E-state index in [4.69, 9.17) is 11.6 Å². The molecule has 0 atom stereocenters. The zero-order valence-corrected chi connectivity index (χ0v) is 11.8. The van der Waals surface area contributed by atoms with Crippen molar-refractivity contribution in [2.75, 3.05) is 5.32 Å². The Morgan fingerprint density at radius 2 is 1.95 bits per heavy atom. The SMILES string of the molecule is Fc1ccccc1CNc1nc(Cl)c2c(n1)CCCC2. The molecular weight excluding hydrogens is 277 g/mol. The monoisotopic (exact) mass is 291 g/mol. The van der Waals surface area contributed by atoms with Gasteiger partial charge >= 0.3 is 0 Å². The van der Waals surface area contributed by atoms with Crippen LogP contribution in [0, 0.1) is 5.82 Å². The molecular formula is C15H15ClFN3. The molecule has 20 heavy (non-hydrogen) atoms. The molecule has 2 aromatic rings. The number of benzene rings is 1. The minimum Gasteiger partial charge on any atom is -0.350 e. The molecule has 104 valence electrons. The molecule has 0 saturated carbocycles. The van der Waals surface area contributed by atoms with E-state index < -0.39 is 0 Å². The zero-order valence-electron chi connectivity index (χ0n) is 11.0. The van der Waals surface area contributed by atoms with Gasteiger partial charge < -0.3 is 5.32 Å². The lowest BCUT2D eigenvalue weighted by Gasteiger charge is -2.16. The molecule has 0 spiro atoms. The van der Waals surface area contributed by atoms with Gasteiger partial charge in [0.2, 0.25) is 5.95 Å². The van der Waals surface area contributed by atoms with Gasteiger partial charge in [0.15, 0.2) is 0 Å². The molecule has 0 fully saturated rings. The number of anilines is 1. The second-order valence-corrected chi connectivity index (χ2v) is 5.27. The number of aryl methyl sites for hydroxylation is 1. The summed E-state index contributed by atoms with van der Waals surface area (Å²) in [6.07, 6.45) is 4.15. The molecule has 3 nitrogen and oxygen atoms in total. The molecule has 1 N–H and O–H groups in total. The zero-order chi connectivity index (χ0) is 13.9. The van der Waals surface area contributed by atoms with Gasteiger partial charge in [-0.05, 0) is 31.7 Å². The van der Waals surface area contributed by atoms with Crippen LogP contribution in [-0.4, -0.2) is 9.97 Å². The highest BCUT2D eigenvalue weighted by Gasteiger charge is 2.16. The fraction of sp³-hybridized carbons (Fsp3) is 0.333. The van der Waals surface area contributed by atoms with Gasteiger partial charge in [0.25, 0.3) is 0 Å². The molecule has 1 aromatic carbocycles. The van der Waals surface area contributed by atoms with Crippen LogP contribution in [0.2, 0.25) is 5.15 Å². The molecule has 5 heteroatoms. The second-order valence-electron chi connectivity index (χ2n) is 4.92. The number of nitrogens with zero attached hydrogens (tertiary/aromatic N) is 2. The van der Waals surface area contributed by atoms with Gasteiger partial charge in [0, 0.05) is 17.7 Å². The summed E-state index contributed by atoms with van der Waals surface area (Å²) in [5.41, 5.74) is 2.67. The molecule has 0 radical (unpaired) electrons. The Morgan fingerprint density at radius 1 is 1.15 bits per heavy atom. The smallest absolute Gasteiger partial charge is 0.224 e. The van der Waals surface area contributed by atoms with Crippen molar-refractivity contribution in [1.29, 1.82) is 0 Å². The predicted molar refractivity (Wildman–Crippen MR) is 77.4 cm³/mol. The highest BCUT2D eigenvalue weighted by molar-refractivity contribution is 6.30. The van der Waals surface area contributed by atoms with Crippen molar-refractivity contribution >= 4 is 17.5 Å². The Balaban J connectivity index is 1.78. The molecule has 0 unspecified atom stereocenters. The molecule has 1 aliphatic rings. The maximum Gasteiger partial charge on any atom is 0.224 e. The van der Waals surface area contributed by atoms with E-state index in [1.807, 2.05) is 0 Å². The summed E-state index contributed by atoms with van der Waals surface area (Å²) in [6.45, 7) is 0.349. The van der Waals surface area contributed by atoms with Crippen molar-refractivity contribution < 1.29 is 4.39 Å². The van der Waals surface area contributed by atoms with E-state index >= 15 is 0 Å². The van der Waals surface area contributed by atoms with Crippen molar-refractivity contribution in [2.24, 2.45) is 0 Å². The molecule has 0 aliphatic heterocycles. The van der Waals surface area contributed by atoms with Gasteiger partial charge in [-0.2, -0.15) is 0 Å². The highest BCUT2D eigenvalue weighted by Crippen LogP contribution is 2.26. The largest absolute Gasteiger partial charge is 0.350 e. The Morgan fingerprint density at radius 3 is 2.80 bits per heavy atom. The van der Waals surface area contributed by atoms with E-state index in [2.05, 4.69) is 15.3 Å². The van der Waals surface area contributed by atoms with Gasteiger partial charge in [-0.1, -0.05) is 29.8 Å². The van der Waals surface area contributed by atoms with E-state index in [-0.39, 0.29) is 5.82 Å². The maximum absolute atomic E-state index is 13.5. The summed E-state index contributed by atoms with van der Waals surface area (Å²) in [5, 5.41) is 3.57. The van der Waals surface area contributed by atoms with Crippen LogP contribution in [0.4, 0.5) is 10.3 Å². The van der Waals surface area contributed by atoms with E-state index in [1.165, 1.54) is 6.07 Å². The highest BCUT2D eigenvalue weighted by atomic mass is 35.5. The first-order valence-electron chi connectivity index (χ1n) is 6.76. The first-order valence-corrected chi connectivity index (χ1v) is 7.14. The number of halogens is 2. The number of rotatable bonds is 3. The Bertz CT molecular complexity index is 631. The van der Waals surface area contributed by atoms with Crippen molar-refractivity contribution in [2.45, 2.75) is 32.2 Å². The van der Waals surface area contributed by atoms with Crippen LogP contribution in [0.15, 0.2) is 24.3 Å². The van der Waals surface area contributed by atoms with E-state index in [0.717, 1.165) is 36.9 Å². The lowest BCUT2D eigenvalue weighted by atomic mass is 9.97. The van der Waals surface area contributed by atoms with E-state index in [9.17, 15) is 4.39 Å². The molecule has 1 aromatic heterocycles. The quantitative estimate of drug-likeness (QED) is 0.875. The third-order valence-corrected chi connectivity index (χ3v) is 3.84. The Hall–Kier alpha value is -1.68. The molecule has 0 amide bonds. The van der Waals surface area contributed by atoms with Gasteiger partial charge in [0.05, 0.1) is 5.69 Å². The van der Waals surface area contributed by atoms with Crippen LogP contribution in [0.1, 0.15) is 29.7 Å². The van der Waals surface area contributed by atoms with Crippen LogP contribution in [-0.2, 0) is 19.4 Å². The van der Waals surface area contributed by atoms with E-state index in [0.29, 0.717) is 23.2 Å². The number of hydrogen-bond donors (Lipinski definition) is 1. The average molecular weight is 292 g/mol. The fourth-order valence-corrected chi connectivity index (χ4v) is 2.73. The summed E-state index contributed by atoms with van der Waals surface area (Å²) in [5.74, 6) is 0.239. The molecule has 0 bridgehead atoms. The normalized spacial score (nSPS) is 13.9. The van der Waals surface area contributed by atoms with Crippen LogP contribution < -0.4 is 5.32 Å². The lowest BCUT2D eigenvalue weighted by molar-refractivity contribution is 0.612. The van der Waals surface area contributed by atoms with Crippen molar-refractivity contribution in [3.05, 3.63) is 52.1 Å². The predicted octanol–water partition coefficient (Wildman–Crippen LogP) is 3.76. The lowest BCUT2D eigenvalue weighted by Crippen LogP contribution is -2.12. The third kappa shape index (κ3) is 2.75.